The Hall–Kier alpha value is -2.88. The third kappa shape index (κ3) is 6.96. The van der Waals surface area contributed by atoms with Gasteiger partial charge < -0.3 is 19.4 Å². The second-order valence-corrected chi connectivity index (χ2v) is 12.2. The van der Waals surface area contributed by atoms with Gasteiger partial charge in [-0.25, -0.2) is 9.78 Å². The highest BCUT2D eigenvalue weighted by molar-refractivity contribution is 6.33. The van der Waals surface area contributed by atoms with E-state index in [9.17, 15) is 14.4 Å². The number of piperidine rings is 1. The maximum atomic E-state index is 13.4. The van der Waals surface area contributed by atoms with Gasteiger partial charge in [0.05, 0.1) is 5.02 Å². The van der Waals surface area contributed by atoms with Crippen LogP contribution in [0.3, 0.4) is 0 Å². The summed E-state index contributed by atoms with van der Waals surface area (Å²) >= 11 is 12.6. The van der Waals surface area contributed by atoms with Crippen LogP contribution in [0.4, 0.5) is 10.5 Å². The second kappa shape index (κ2) is 13.0. The number of hydrogen-bond acceptors (Lipinski definition) is 6. The summed E-state index contributed by atoms with van der Waals surface area (Å²) in [6, 6.07) is 9.05. The minimum absolute atomic E-state index is 0.0497. The van der Waals surface area contributed by atoms with Gasteiger partial charge in [-0.15, -0.1) is 0 Å². The van der Waals surface area contributed by atoms with Gasteiger partial charge in [0.1, 0.15) is 11.8 Å². The summed E-state index contributed by atoms with van der Waals surface area (Å²) < 4.78 is 5.91. The van der Waals surface area contributed by atoms with Crippen molar-refractivity contribution in [3.05, 3.63) is 57.8 Å². The molecule has 3 aliphatic rings. The SMILES string of the molecule is CC(=O)N1CCC(OC(=O)N(CCCN2CC3CN(C(=O)c4ncccc4Cl)CC3C2)c2ccc(C)c(Cl)c2)CC1. The van der Waals surface area contributed by atoms with E-state index in [1.54, 1.807) is 35.1 Å². The predicted octanol–water partition coefficient (Wildman–Crippen LogP) is 4.74. The van der Waals surface area contributed by atoms with Gasteiger partial charge in [-0.2, -0.15) is 0 Å². The number of pyridine rings is 1. The molecule has 0 radical (unpaired) electrons. The van der Waals surface area contributed by atoms with Crippen LogP contribution in [0.15, 0.2) is 36.5 Å². The van der Waals surface area contributed by atoms with E-state index in [1.165, 1.54) is 0 Å². The Bertz CT molecular complexity index is 1270. The minimum Gasteiger partial charge on any atom is -0.446 e. The monoisotopic (exact) mass is 601 g/mol. The van der Waals surface area contributed by atoms with E-state index < -0.39 is 0 Å². The Balaban J connectivity index is 1.14. The number of ether oxygens (including phenoxy) is 1. The molecule has 4 heterocycles. The van der Waals surface area contributed by atoms with Crippen molar-refractivity contribution in [1.29, 1.82) is 0 Å². The maximum Gasteiger partial charge on any atom is 0.414 e. The molecule has 0 bridgehead atoms. The molecule has 2 atom stereocenters. The average Bonchev–Trinajstić information content (AvgIpc) is 3.52. The molecular weight excluding hydrogens is 565 g/mol. The van der Waals surface area contributed by atoms with E-state index in [0.717, 1.165) is 31.6 Å². The van der Waals surface area contributed by atoms with Gasteiger partial charge in [0.15, 0.2) is 0 Å². The number of aryl methyl sites for hydroxylation is 1. The number of carbonyl (C=O) groups is 3. The highest BCUT2D eigenvalue weighted by Gasteiger charge is 2.42. The first-order valence-corrected chi connectivity index (χ1v) is 15.1. The number of halogens is 2. The molecule has 220 valence electrons. The molecule has 1 aromatic heterocycles. The highest BCUT2D eigenvalue weighted by Crippen LogP contribution is 2.33. The maximum absolute atomic E-state index is 13.4. The first kappa shape index (κ1) is 29.6. The van der Waals surface area contributed by atoms with Crippen molar-refractivity contribution >= 4 is 46.8 Å². The van der Waals surface area contributed by atoms with E-state index in [-0.39, 0.29) is 24.0 Å². The summed E-state index contributed by atoms with van der Waals surface area (Å²) in [6.45, 7) is 9.27. The van der Waals surface area contributed by atoms with Crippen molar-refractivity contribution < 1.29 is 19.1 Å². The van der Waals surface area contributed by atoms with Crippen LogP contribution in [-0.4, -0.2) is 96.1 Å². The minimum atomic E-state index is -0.383. The molecule has 5 rings (SSSR count). The lowest BCUT2D eigenvalue weighted by molar-refractivity contribution is -0.130. The zero-order valence-corrected chi connectivity index (χ0v) is 25.1. The quantitative estimate of drug-likeness (QED) is 0.455. The van der Waals surface area contributed by atoms with Crippen LogP contribution < -0.4 is 4.90 Å². The van der Waals surface area contributed by atoms with Gasteiger partial charge in [0.25, 0.3) is 5.91 Å². The molecule has 11 heteroatoms. The van der Waals surface area contributed by atoms with E-state index >= 15 is 0 Å². The summed E-state index contributed by atoms with van der Waals surface area (Å²) in [6.07, 6.45) is 3.04. The fourth-order valence-corrected chi connectivity index (χ4v) is 6.53. The number of amides is 3. The van der Waals surface area contributed by atoms with Crippen molar-refractivity contribution in [2.75, 3.05) is 57.3 Å². The lowest BCUT2D eigenvalue weighted by atomic mass is 10.0. The smallest absolute Gasteiger partial charge is 0.414 e. The standard InChI is InChI=1S/C30H37Cl2N5O4/c1-20-6-7-24(15-27(20)32)37(30(40)41-25-8-13-35(14-9-25)21(2)38)12-4-11-34-16-22-18-36(19-23(22)17-34)29(39)28-26(31)5-3-10-33-28/h3,5-7,10,15,22-23,25H,4,8-9,11-14,16-19H2,1-2H3. The number of carbonyl (C=O) groups excluding carboxylic acids is 3. The lowest BCUT2D eigenvalue weighted by Crippen LogP contribution is -2.43. The van der Waals surface area contributed by atoms with Crippen LogP contribution in [-0.2, 0) is 9.53 Å². The normalized spacial score (nSPS) is 21.2. The fraction of sp³-hybridized carbons (Fsp3) is 0.533. The average molecular weight is 603 g/mol. The predicted molar refractivity (Wildman–Crippen MR) is 158 cm³/mol. The molecule has 3 amide bonds. The number of nitrogens with zero attached hydrogens (tertiary/aromatic N) is 5. The molecule has 0 saturated carbocycles. The number of hydrogen-bond donors (Lipinski definition) is 0. The van der Waals surface area contributed by atoms with Crippen molar-refractivity contribution in [3.8, 4) is 0 Å². The molecule has 3 fully saturated rings. The van der Waals surface area contributed by atoms with Crippen LogP contribution in [0.2, 0.25) is 10.0 Å². The van der Waals surface area contributed by atoms with Crippen molar-refractivity contribution in [2.24, 2.45) is 11.8 Å². The number of benzene rings is 1. The van der Waals surface area contributed by atoms with Gasteiger partial charge in [0.2, 0.25) is 5.91 Å². The third-order valence-corrected chi connectivity index (χ3v) is 9.22. The summed E-state index contributed by atoms with van der Waals surface area (Å²) in [4.78, 5) is 49.9. The molecule has 2 aromatic rings. The Morgan fingerprint density at radius 3 is 2.34 bits per heavy atom. The zero-order chi connectivity index (χ0) is 29.1. The van der Waals surface area contributed by atoms with E-state index in [1.807, 2.05) is 30.0 Å². The van der Waals surface area contributed by atoms with E-state index in [2.05, 4.69) is 9.88 Å². The lowest BCUT2D eigenvalue weighted by Gasteiger charge is -2.32. The Kier molecular flexibility index (Phi) is 9.36. The largest absolute Gasteiger partial charge is 0.446 e. The van der Waals surface area contributed by atoms with Crippen LogP contribution >= 0.6 is 23.2 Å². The Morgan fingerprint density at radius 1 is 1.00 bits per heavy atom. The summed E-state index contributed by atoms with van der Waals surface area (Å²) in [5.41, 5.74) is 1.98. The number of fused-ring (bicyclic) bond motifs is 1. The van der Waals surface area contributed by atoms with Crippen molar-refractivity contribution in [1.82, 2.24) is 19.7 Å². The molecule has 3 aliphatic heterocycles. The van der Waals surface area contributed by atoms with E-state index in [4.69, 9.17) is 27.9 Å². The van der Waals surface area contributed by atoms with Crippen molar-refractivity contribution in [3.63, 3.8) is 0 Å². The number of anilines is 1. The van der Waals surface area contributed by atoms with Crippen molar-refractivity contribution in [2.45, 2.75) is 39.2 Å². The molecule has 0 spiro atoms. The van der Waals surface area contributed by atoms with Crippen LogP contribution in [0.25, 0.3) is 0 Å². The molecule has 9 nitrogen and oxygen atoms in total. The van der Waals surface area contributed by atoms with Gasteiger partial charge in [-0.1, -0.05) is 29.3 Å². The van der Waals surface area contributed by atoms with Crippen LogP contribution in [0, 0.1) is 18.8 Å². The molecule has 0 N–H and O–H groups in total. The molecule has 2 unspecified atom stereocenters. The highest BCUT2D eigenvalue weighted by atomic mass is 35.5. The number of likely N-dealkylation sites (tertiary alicyclic amines) is 3. The summed E-state index contributed by atoms with van der Waals surface area (Å²) in [5, 5.41) is 0.990. The van der Waals surface area contributed by atoms with Gasteiger partial charge in [0, 0.05) is 82.5 Å². The topological polar surface area (TPSA) is 86.3 Å². The molecule has 41 heavy (non-hydrogen) atoms. The first-order valence-electron chi connectivity index (χ1n) is 14.3. The summed E-state index contributed by atoms with van der Waals surface area (Å²) in [5.74, 6) is 0.779. The van der Waals surface area contributed by atoms with Gasteiger partial charge >= 0.3 is 6.09 Å². The Morgan fingerprint density at radius 2 is 1.71 bits per heavy atom. The molecule has 3 saturated heterocycles. The Labute approximate surface area is 251 Å². The molecular formula is C30H37Cl2N5O4. The van der Waals surface area contributed by atoms with Gasteiger partial charge in [-0.3, -0.25) is 14.5 Å². The van der Waals surface area contributed by atoms with Crippen LogP contribution in [0.5, 0.6) is 0 Å². The zero-order valence-electron chi connectivity index (χ0n) is 23.6. The first-order chi connectivity index (χ1) is 19.7. The summed E-state index contributed by atoms with van der Waals surface area (Å²) in [7, 11) is 0. The third-order valence-electron chi connectivity index (χ3n) is 8.51. The van der Waals surface area contributed by atoms with Crippen LogP contribution in [0.1, 0.15) is 42.2 Å². The van der Waals surface area contributed by atoms with Gasteiger partial charge in [-0.05, 0) is 61.6 Å². The second-order valence-electron chi connectivity index (χ2n) is 11.4. The number of aromatic nitrogens is 1. The molecule has 0 aliphatic carbocycles. The fourth-order valence-electron chi connectivity index (χ4n) is 6.15. The molecule has 1 aromatic carbocycles. The van der Waals surface area contributed by atoms with E-state index in [0.29, 0.717) is 78.8 Å². The number of rotatable bonds is 7.